The second-order valence-corrected chi connectivity index (χ2v) is 35.9. The van der Waals surface area contributed by atoms with E-state index in [1.54, 1.807) is 172 Å². The number of hydrogen-bond donors (Lipinski definition) is 5. The predicted molar refractivity (Wildman–Crippen MR) is 552 cm³/mol. The van der Waals surface area contributed by atoms with Crippen LogP contribution in [0.1, 0.15) is 220 Å². The summed E-state index contributed by atoms with van der Waals surface area (Å²) >= 11 is 5.23. The standard InChI is InChI=1S/C22H20BrN3O2.C17H15NO2.C16H14N2O3.C16H12N2O2.C15H14N2O3.C14H17NO2S.C13H9FN2O/c1-3-28-17-9-7-16(8-10-17)26-21(20-18(22(26)27)5-4-12-24-20)25-15-6-11-19(23)14(2)13-15;1-12(19)16(13-7-3-2-4-8-13)18-11-14-9-5-6-10-15(14)17(18)20;1-2-21-16(20)11-3-5-13(6-4-11)18-10-12-7-8-17-9-14(12)15(18)19;1-8(19)9-6-7-12-13-14(9)17-18-15(13)10-4-2-3-5-11(10)16(12)20;1-2-20-11-7-5-10(6-8-11)17-14(18)12-4-3-9-16-13(12)15(17)19;1-10(16)13(7-8-18-2)15-9-11-5-3-4-6-12(11)14(15)17;14-11-3-1-2-4-12(11)16-8-9-5-6-15-7-10(9)13(16)17/h4-13,21,25H,3H2,1-2H3;2-10,16H,11H2,1H3;3-9H,2,10H2,1H3;2-7,15,17-18H,1H3;3-9,15,19H,2H2,1H3;3-6,13,16H,1,7-9H2,2H3;1-7H,8H2/t;16-;;;;13-;/m.1...1./s1. The quantitative estimate of drug-likeness (QED) is 0.0253. The molecule has 4 aromatic heterocycles. The number of carbonyl (C=O) groups is 10. The molecule has 8 aliphatic rings. The zero-order valence-corrected chi connectivity index (χ0v) is 82.1. The van der Waals surface area contributed by atoms with E-state index >= 15 is 0 Å². The summed E-state index contributed by atoms with van der Waals surface area (Å²) < 4.78 is 30.5. The first kappa shape index (κ1) is 100. The number of benzene rings is 10. The number of aliphatic hydroxyl groups excluding tert-OH is 2. The Balaban J connectivity index is 0.000000121. The van der Waals surface area contributed by atoms with Gasteiger partial charge in [-0.3, -0.25) is 72.9 Å². The molecule has 728 valence electrons. The first-order valence-corrected chi connectivity index (χ1v) is 48.8. The Morgan fingerprint density at radius 3 is 1.63 bits per heavy atom. The molecular weight excluding hydrogens is 1910 g/mol. The van der Waals surface area contributed by atoms with Crippen molar-refractivity contribution >= 4 is 121 Å². The van der Waals surface area contributed by atoms with Gasteiger partial charge in [0.2, 0.25) is 0 Å². The number of esters is 1. The van der Waals surface area contributed by atoms with Crippen molar-refractivity contribution in [3.8, 4) is 11.5 Å². The Labute approximate surface area is 843 Å². The number of ketones is 3. The van der Waals surface area contributed by atoms with Crippen LogP contribution in [0.4, 0.5) is 38.5 Å². The maximum absolute atomic E-state index is 13.6. The summed E-state index contributed by atoms with van der Waals surface area (Å²) in [5, 5.41) is 23.4. The second-order valence-electron chi connectivity index (χ2n) is 34.0. The summed E-state index contributed by atoms with van der Waals surface area (Å²) in [4.78, 5) is 149. The zero-order valence-electron chi connectivity index (χ0n) is 79.7. The van der Waals surface area contributed by atoms with E-state index in [4.69, 9.17) is 14.2 Å². The molecule has 0 bridgehead atoms. The number of carbonyl (C=O) groups excluding carboxylic acids is 10. The average molecular weight is 2010 g/mol. The maximum atomic E-state index is 13.6. The van der Waals surface area contributed by atoms with Crippen molar-refractivity contribution in [3.63, 3.8) is 0 Å². The Bertz CT molecular complexity index is 7250. The molecule has 3 unspecified atom stereocenters. The minimum absolute atomic E-state index is 0.00750. The molecule has 28 nitrogen and oxygen atoms in total. The van der Waals surface area contributed by atoms with Crippen molar-refractivity contribution in [1.29, 1.82) is 0 Å². The lowest BCUT2D eigenvalue weighted by atomic mass is 9.80. The minimum Gasteiger partial charge on any atom is -0.511 e. The van der Waals surface area contributed by atoms with Crippen molar-refractivity contribution in [2.75, 3.05) is 62.2 Å². The van der Waals surface area contributed by atoms with Crippen LogP contribution in [0.25, 0.3) is 0 Å². The number of nitrogens with zero attached hydrogens (tertiary/aromatic N) is 10. The fourth-order valence-electron chi connectivity index (χ4n) is 18.1. The first-order chi connectivity index (χ1) is 69.8. The van der Waals surface area contributed by atoms with E-state index < -0.39 is 12.3 Å². The molecule has 5 atom stereocenters. The number of thioether (sulfide) groups is 1. The zero-order chi connectivity index (χ0) is 102. The number of pyridine rings is 4. The smallest absolute Gasteiger partial charge is 0.338 e. The number of hydrogen-bond acceptors (Lipinski definition) is 23. The Kier molecular flexibility index (Phi) is 31.7. The van der Waals surface area contributed by atoms with Crippen LogP contribution >= 0.6 is 27.7 Å². The Morgan fingerprint density at radius 1 is 0.535 bits per heavy atom. The first-order valence-electron chi connectivity index (χ1n) is 46.6. The molecule has 0 spiro atoms. The summed E-state index contributed by atoms with van der Waals surface area (Å²) in [6.07, 6.45) is 11.0. The normalized spacial score (nSPS) is 15.5. The number of fused-ring (bicyclic) bond motifs is 8. The SMILES string of the molecule is C=C(O)[C@@H](CCSC)N1Cc2ccccc2C1=O.CC(=O)[C@H](c1ccccc1)N1Cc2ccccc2C1=O.CC(=O)c1ccc2c3c1NNC3c1ccccc1C2=O.CCOC(=O)c1ccc(N2Cc3ccncc3C2=O)cc1.CCOc1ccc(N2C(=O)c3cccnc3C2Nc2ccc(Br)c(C)c2)cc1.CCOc1ccc(N2C(=O)c3cccnc3C2O)cc1.O=C1c2cnccc2CN1c1ccccc1F. The Morgan fingerprint density at radius 2 is 1.06 bits per heavy atom. The van der Waals surface area contributed by atoms with E-state index in [0.29, 0.717) is 108 Å². The van der Waals surface area contributed by atoms with Crippen LogP contribution in [-0.2, 0) is 35.7 Å². The number of hydrazine groups is 1. The van der Waals surface area contributed by atoms with E-state index in [2.05, 4.69) is 58.6 Å². The van der Waals surface area contributed by atoms with Crippen LogP contribution < -0.4 is 45.2 Å². The van der Waals surface area contributed by atoms with Gasteiger partial charge in [-0.25, -0.2) is 14.6 Å². The van der Waals surface area contributed by atoms with Gasteiger partial charge in [0, 0.05) is 111 Å². The van der Waals surface area contributed by atoms with Gasteiger partial charge in [-0.05, 0) is 263 Å². The second kappa shape index (κ2) is 45.4. The topological polar surface area (TPSA) is 346 Å². The van der Waals surface area contributed by atoms with E-state index in [0.717, 1.165) is 112 Å². The summed E-state index contributed by atoms with van der Waals surface area (Å²) in [5.74, 6) is 1.07. The number of ether oxygens (including phenoxy) is 3. The highest BCUT2D eigenvalue weighted by Gasteiger charge is 2.43. The number of nitrogens with one attached hydrogen (secondary N) is 3. The van der Waals surface area contributed by atoms with Crippen molar-refractivity contribution < 1.29 is 76.8 Å². The number of para-hydroxylation sites is 1. The van der Waals surface area contributed by atoms with Gasteiger partial charge in [0.25, 0.3) is 35.4 Å². The maximum Gasteiger partial charge on any atom is 0.338 e. The van der Waals surface area contributed by atoms with Crippen molar-refractivity contribution in [1.82, 2.24) is 35.2 Å². The molecule has 0 saturated carbocycles. The van der Waals surface area contributed by atoms with E-state index in [1.165, 1.54) is 35.9 Å². The third kappa shape index (κ3) is 21.4. The number of amides is 6. The largest absolute Gasteiger partial charge is 0.511 e. The third-order valence-electron chi connectivity index (χ3n) is 25.0. The van der Waals surface area contributed by atoms with Gasteiger partial charge >= 0.3 is 5.97 Å². The molecule has 0 fully saturated rings. The lowest BCUT2D eigenvalue weighted by molar-refractivity contribution is -0.121. The van der Waals surface area contributed by atoms with Gasteiger partial charge in [-0.1, -0.05) is 126 Å². The average Bonchev–Trinajstić information content (AvgIpc) is 1.54. The number of halogens is 2. The van der Waals surface area contributed by atoms with Crippen LogP contribution in [0.15, 0.2) is 321 Å². The molecule has 10 aromatic carbocycles. The summed E-state index contributed by atoms with van der Waals surface area (Å²) in [6.45, 7) is 17.8. The molecular formula is C113H101BrFN13O15S. The molecule has 31 heteroatoms. The van der Waals surface area contributed by atoms with Crippen molar-refractivity contribution in [2.45, 2.75) is 105 Å². The lowest BCUT2D eigenvalue weighted by Gasteiger charge is -2.27. The molecule has 0 saturated heterocycles. The minimum atomic E-state index is -1.04. The monoisotopic (exact) mass is 2010 g/mol. The summed E-state index contributed by atoms with van der Waals surface area (Å²) in [7, 11) is 0. The fourth-order valence-corrected chi connectivity index (χ4v) is 18.8. The van der Waals surface area contributed by atoms with E-state index in [-0.39, 0.29) is 88.6 Å². The highest BCUT2D eigenvalue weighted by Crippen LogP contribution is 2.46. The summed E-state index contributed by atoms with van der Waals surface area (Å²) in [5.41, 5.74) is 25.4. The molecule has 144 heavy (non-hydrogen) atoms. The number of rotatable bonds is 21. The van der Waals surface area contributed by atoms with Crippen molar-refractivity contribution in [3.05, 3.63) is 438 Å². The third-order valence-corrected chi connectivity index (χ3v) is 26.6. The summed E-state index contributed by atoms with van der Waals surface area (Å²) in [6, 6.07) is 79.1. The van der Waals surface area contributed by atoms with Gasteiger partial charge in [-0.15, -0.1) is 0 Å². The molecule has 14 aromatic rings. The highest BCUT2D eigenvalue weighted by atomic mass is 79.9. The van der Waals surface area contributed by atoms with Crippen LogP contribution in [0.2, 0.25) is 0 Å². The fraction of sp³-hybridized carbons (Fsp3) is 0.186. The van der Waals surface area contributed by atoms with Gasteiger partial charge in [0.15, 0.2) is 29.7 Å². The van der Waals surface area contributed by atoms with Gasteiger partial charge in [0.05, 0.1) is 89.9 Å². The number of anilines is 6. The Hall–Kier alpha value is -16.5. The van der Waals surface area contributed by atoms with Gasteiger partial charge in [-0.2, -0.15) is 11.8 Å². The van der Waals surface area contributed by atoms with Crippen LogP contribution in [0.3, 0.4) is 0 Å². The molecule has 11 heterocycles. The van der Waals surface area contributed by atoms with Crippen molar-refractivity contribution in [2.24, 2.45) is 0 Å². The predicted octanol–water partition coefficient (Wildman–Crippen LogP) is 20.5. The molecule has 0 radical (unpaired) electrons. The van der Waals surface area contributed by atoms with E-state index in [1.807, 2.05) is 185 Å². The van der Waals surface area contributed by atoms with Gasteiger partial charge in [0.1, 0.15) is 34.8 Å². The molecule has 22 rings (SSSR count). The van der Waals surface area contributed by atoms with Gasteiger partial charge < -0.3 is 54.8 Å². The molecule has 5 N–H and O–H groups in total. The highest BCUT2D eigenvalue weighted by molar-refractivity contribution is 9.10. The number of aromatic nitrogens is 4. The lowest BCUT2D eigenvalue weighted by Crippen LogP contribution is -2.37. The van der Waals surface area contributed by atoms with Crippen LogP contribution in [0, 0.1) is 12.7 Å². The molecule has 6 amide bonds. The number of Topliss-reactive ketones (excluding diaryl/α,β-unsaturated/α-hetero) is 2. The molecule has 1 aliphatic carbocycles. The number of aryl methyl sites for hydroxylation is 1. The van der Waals surface area contributed by atoms with Crippen LogP contribution in [-0.4, -0.2) is 137 Å². The number of aliphatic hydroxyl groups is 2. The van der Waals surface area contributed by atoms with Crippen LogP contribution in [0.5, 0.6) is 11.5 Å². The van der Waals surface area contributed by atoms with E-state index in [9.17, 15) is 62.5 Å². The molecule has 7 aliphatic heterocycles.